The molecule has 2 N–H and O–H groups in total. The lowest BCUT2D eigenvalue weighted by Crippen LogP contribution is -2.47. The van der Waals surface area contributed by atoms with Crippen molar-refractivity contribution in [1.82, 2.24) is 25.4 Å². The summed E-state index contributed by atoms with van der Waals surface area (Å²) in [7, 11) is 1.87. The maximum absolute atomic E-state index is 13.1. The summed E-state index contributed by atoms with van der Waals surface area (Å²) in [6.07, 6.45) is 8.03. The van der Waals surface area contributed by atoms with Crippen molar-refractivity contribution in [2.24, 2.45) is 11.8 Å². The molecule has 2 amide bonds. The third-order valence-electron chi connectivity index (χ3n) is 8.29. The summed E-state index contributed by atoms with van der Waals surface area (Å²) in [5, 5.41) is 6.76. The number of hydrogen-bond donors (Lipinski definition) is 2. The van der Waals surface area contributed by atoms with Crippen LogP contribution in [0.2, 0.25) is 0 Å². The number of nitrogens with zero attached hydrogens (tertiary/aromatic N) is 4. The van der Waals surface area contributed by atoms with Crippen LogP contribution in [0.1, 0.15) is 24.1 Å². The summed E-state index contributed by atoms with van der Waals surface area (Å²) < 4.78 is 6.20. The van der Waals surface area contributed by atoms with Gasteiger partial charge in [-0.15, -0.1) is 37.2 Å². The van der Waals surface area contributed by atoms with Gasteiger partial charge in [-0.2, -0.15) is 0 Å². The highest BCUT2D eigenvalue weighted by Crippen LogP contribution is 2.30. The quantitative estimate of drug-likeness (QED) is 0.462. The standard InChI is InChI=1S/C31H42N6O3.3ClH/c1-35(14-10-27-6-2-3-11-34-27)30(38)20-24-9-15-37-23-25(24)5-4-18-40-29-8-7-28(36-16-12-32-13-17-36)19-26(29)21-33-22-31(37)39;;;/h2-8,11,19,24-25,32-33H,9-10,12-18,20-23H2,1H3;3*1H/t24-,25-;;;/m0.../s1. The van der Waals surface area contributed by atoms with Crippen LogP contribution >= 0.6 is 37.2 Å². The predicted octanol–water partition coefficient (Wildman–Crippen LogP) is 3.35. The molecule has 1 aromatic carbocycles. The second-order valence-electron chi connectivity index (χ2n) is 11.0. The second-order valence-corrected chi connectivity index (χ2v) is 11.0. The minimum Gasteiger partial charge on any atom is -0.489 e. The minimum absolute atomic E-state index is 0. The fraction of sp³-hybridized carbons (Fsp3) is 0.516. The third-order valence-corrected chi connectivity index (χ3v) is 8.29. The molecule has 1 aromatic heterocycles. The van der Waals surface area contributed by atoms with Crippen LogP contribution < -0.4 is 20.3 Å². The van der Waals surface area contributed by atoms with E-state index in [1.807, 2.05) is 41.1 Å². The fourth-order valence-corrected chi connectivity index (χ4v) is 5.81. The molecule has 4 heterocycles. The number of nitrogens with one attached hydrogen (secondary N) is 2. The van der Waals surface area contributed by atoms with Crippen LogP contribution in [0.5, 0.6) is 5.75 Å². The molecule has 2 saturated heterocycles. The topological polar surface area (TPSA) is 90.0 Å². The van der Waals surface area contributed by atoms with Crippen LogP contribution in [0, 0.1) is 11.8 Å². The van der Waals surface area contributed by atoms with Gasteiger partial charge in [-0.3, -0.25) is 14.6 Å². The number of piperazine rings is 1. The molecule has 0 saturated carbocycles. The van der Waals surface area contributed by atoms with E-state index in [-0.39, 0.29) is 67.4 Å². The van der Waals surface area contributed by atoms with Crippen molar-refractivity contribution >= 4 is 54.7 Å². The number of fused-ring (bicyclic) bond motifs is 3. The van der Waals surface area contributed by atoms with Gasteiger partial charge in [0, 0.05) is 95.4 Å². The van der Waals surface area contributed by atoms with Crippen LogP contribution in [0.3, 0.4) is 0 Å². The van der Waals surface area contributed by atoms with Crippen molar-refractivity contribution in [3.8, 4) is 5.75 Å². The highest BCUT2D eigenvalue weighted by molar-refractivity contribution is 5.86. The zero-order valence-corrected chi connectivity index (χ0v) is 27.2. The van der Waals surface area contributed by atoms with Gasteiger partial charge in [-0.1, -0.05) is 18.2 Å². The van der Waals surface area contributed by atoms with Crippen molar-refractivity contribution in [2.75, 3.05) is 70.9 Å². The van der Waals surface area contributed by atoms with Gasteiger partial charge in [0.05, 0.1) is 6.54 Å². The number of halogens is 3. The number of benzene rings is 1. The number of pyridine rings is 1. The fourth-order valence-electron chi connectivity index (χ4n) is 5.81. The first-order valence-corrected chi connectivity index (χ1v) is 14.6. The van der Waals surface area contributed by atoms with E-state index in [1.165, 1.54) is 5.69 Å². The molecule has 0 unspecified atom stereocenters. The van der Waals surface area contributed by atoms with Crippen LogP contribution in [-0.4, -0.2) is 92.6 Å². The SMILES string of the molecule is CN(CCc1ccccn1)C(=O)C[C@@H]1CCN2C[C@@H]1C=CCOc1ccc(N3CCNCC3)cc1CNCC2=O.Cl.Cl.Cl. The summed E-state index contributed by atoms with van der Waals surface area (Å²) >= 11 is 0. The van der Waals surface area contributed by atoms with Gasteiger partial charge in [0.25, 0.3) is 0 Å². The van der Waals surface area contributed by atoms with Crippen molar-refractivity contribution in [1.29, 1.82) is 0 Å². The molecule has 2 aromatic rings. The number of amides is 2. The van der Waals surface area contributed by atoms with Crippen molar-refractivity contribution < 1.29 is 14.3 Å². The molecule has 0 radical (unpaired) electrons. The highest BCUT2D eigenvalue weighted by atomic mass is 35.5. The van der Waals surface area contributed by atoms with Gasteiger partial charge in [0.15, 0.2) is 0 Å². The van der Waals surface area contributed by atoms with Gasteiger partial charge >= 0.3 is 0 Å². The number of ether oxygens (including phenoxy) is 1. The molecule has 3 aliphatic rings. The zero-order chi connectivity index (χ0) is 27.7. The average Bonchev–Trinajstić information content (AvgIpc) is 3.00. The summed E-state index contributed by atoms with van der Waals surface area (Å²) in [4.78, 5) is 36.8. The first-order valence-electron chi connectivity index (χ1n) is 14.6. The Bertz CT molecular complexity index is 1180. The van der Waals surface area contributed by atoms with E-state index in [2.05, 4.69) is 44.8 Å². The molecular weight excluding hydrogens is 611 g/mol. The second kappa shape index (κ2) is 18.3. The number of rotatable bonds is 6. The molecular formula is C31H45Cl3N6O3. The van der Waals surface area contributed by atoms with Gasteiger partial charge in [0.2, 0.25) is 11.8 Å². The van der Waals surface area contributed by atoms with Crippen LogP contribution in [-0.2, 0) is 22.6 Å². The number of aromatic nitrogens is 1. The van der Waals surface area contributed by atoms with Crippen molar-refractivity contribution in [3.63, 3.8) is 0 Å². The number of carbonyl (C=O) groups excluding carboxylic acids is 2. The third kappa shape index (κ3) is 10.3. The molecule has 238 valence electrons. The molecule has 12 heteroatoms. The van der Waals surface area contributed by atoms with Gasteiger partial charge < -0.3 is 30.1 Å². The number of carbonyl (C=O) groups is 2. The lowest BCUT2D eigenvalue weighted by molar-refractivity contribution is -0.134. The Labute approximate surface area is 274 Å². The van der Waals surface area contributed by atoms with Crippen LogP contribution in [0.4, 0.5) is 5.69 Å². The molecule has 3 aliphatic heterocycles. The van der Waals surface area contributed by atoms with Crippen molar-refractivity contribution in [3.05, 3.63) is 66.0 Å². The number of likely N-dealkylation sites (N-methyl/N-ethyl adjacent to an activating group) is 1. The maximum atomic E-state index is 13.1. The Kier molecular flexibility index (Phi) is 15.6. The Hall–Kier alpha value is -2.56. The Morgan fingerprint density at radius 3 is 2.63 bits per heavy atom. The van der Waals surface area contributed by atoms with Gasteiger partial charge in [-0.05, 0) is 48.6 Å². The Morgan fingerprint density at radius 2 is 1.86 bits per heavy atom. The molecule has 43 heavy (non-hydrogen) atoms. The summed E-state index contributed by atoms with van der Waals surface area (Å²) in [6.45, 7) is 7.19. The minimum atomic E-state index is 0. The summed E-state index contributed by atoms with van der Waals surface area (Å²) in [6, 6.07) is 12.2. The Morgan fingerprint density at radius 1 is 1.05 bits per heavy atom. The smallest absolute Gasteiger partial charge is 0.236 e. The molecule has 0 spiro atoms. The van der Waals surface area contributed by atoms with E-state index in [0.29, 0.717) is 39.2 Å². The lowest BCUT2D eigenvalue weighted by atomic mass is 9.82. The maximum Gasteiger partial charge on any atom is 0.236 e. The normalized spacial score (nSPS) is 20.3. The molecule has 0 aliphatic carbocycles. The monoisotopic (exact) mass is 654 g/mol. The van der Waals surface area contributed by atoms with Crippen molar-refractivity contribution in [2.45, 2.75) is 25.8 Å². The lowest BCUT2D eigenvalue weighted by Gasteiger charge is -2.37. The molecule has 2 fully saturated rings. The molecule has 9 nitrogen and oxygen atoms in total. The van der Waals surface area contributed by atoms with Gasteiger partial charge in [0.1, 0.15) is 12.4 Å². The average molecular weight is 656 g/mol. The number of anilines is 1. The van der Waals surface area contributed by atoms with E-state index >= 15 is 0 Å². The van der Waals surface area contributed by atoms with E-state index in [0.717, 1.165) is 56.0 Å². The van der Waals surface area contributed by atoms with E-state index < -0.39 is 0 Å². The summed E-state index contributed by atoms with van der Waals surface area (Å²) in [5.41, 5.74) is 3.24. The van der Waals surface area contributed by atoms with Crippen LogP contribution in [0.15, 0.2) is 54.7 Å². The Balaban J connectivity index is 0.00000215. The zero-order valence-electron chi connectivity index (χ0n) is 24.8. The van der Waals surface area contributed by atoms with Gasteiger partial charge in [-0.25, -0.2) is 0 Å². The molecule has 5 rings (SSSR count). The predicted molar refractivity (Wildman–Crippen MR) is 178 cm³/mol. The van der Waals surface area contributed by atoms with E-state index in [9.17, 15) is 9.59 Å². The largest absolute Gasteiger partial charge is 0.489 e. The number of hydrogen-bond acceptors (Lipinski definition) is 7. The summed E-state index contributed by atoms with van der Waals surface area (Å²) in [5.74, 6) is 1.40. The molecule has 2 atom stereocenters. The first-order chi connectivity index (χ1) is 19.6. The van der Waals surface area contributed by atoms with E-state index in [1.54, 1.807) is 6.20 Å². The van der Waals surface area contributed by atoms with E-state index in [4.69, 9.17) is 4.74 Å². The highest BCUT2D eigenvalue weighted by Gasteiger charge is 2.32. The van der Waals surface area contributed by atoms with Crippen LogP contribution in [0.25, 0.3) is 0 Å². The number of piperidine rings is 1. The molecule has 2 bridgehead atoms. The first kappa shape index (κ1) is 36.6.